The van der Waals surface area contributed by atoms with Crippen LogP contribution in [0.25, 0.3) is 28.1 Å². The molecular formula is C28H29FN6O2. The van der Waals surface area contributed by atoms with Crippen LogP contribution in [0, 0.1) is 5.95 Å². The van der Waals surface area contributed by atoms with Gasteiger partial charge in [-0.25, -0.2) is 19.9 Å². The van der Waals surface area contributed by atoms with E-state index in [-0.39, 0.29) is 12.6 Å². The molecule has 5 heterocycles. The summed E-state index contributed by atoms with van der Waals surface area (Å²) in [7, 11) is 0. The van der Waals surface area contributed by atoms with Gasteiger partial charge in [0.1, 0.15) is 5.52 Å². The van der Waals surface area contributed by atoms with Crippen LogP contribution in [0.4, 0.5) is 4.39 Å². The number of hydrogen-bond donors (Lipinski definition) is 1. The second-order valence-electron chi connectivity index (χ2n) is 9.63. The minimum Gasteiger partial charge on any atom is -0.392 e. The number of halogens is 1. The monoisotopic (exact) mass is 500 g/mol. The number of aliphatic hydroxyl groups is 1. The van der Waals surface area contributed by atoms with Crippen LogP contribution in [-0.4, -0.2) is 60.8 Å². The Morgan fingerprint density at radius 2 is 1.95 bits per heavy atom. The Balaban J connectivity index is 1.31. The molecule has 6 rings (SSSR count). The smallest absolute Gasteiger partial charge is 0.212 e. The van der Waals surface area contributed by atoms with Gasteiger partial charge in [0.15, 0.2) is 11.5 Å². The summed E-state index contributed by atoms with van der Waals surface area (Å²) in [6.07, 6.45) is 8.31. The van der Waals surface area contributed by atoms with Crippen LogP contribution in [0.2, 0.25) is 0 Å². The van der Waals surface area contributed by atoms with E-state index in [2.05, 4.69) is 20.5 Å². The van der Waals surface area contributed by atoms with Gasteiger partial charge in [0.2, 0.25) is 5.95 Å². The van der Waals surface area contributed by atoms with E-state index in [1.165, 1.54) is 6.07 Å². The molecule has 1 N–H and O–H groups in total. The van der Waals surface area contributed by atoms with Crippen LogP contribution in [0.1, 0.15) is 42.1 Å². The maximum atomic E-state index is 13.2. The third-order valence-electron chi connectivity index (χ3n) is 7.20. The molecule has 2 aliphatic rings. The zero-order valence-corrected chi connectivity index (χ0v) is 20.6. The third-order valence-corrected chi connectivity index (χ3v) is 7.20. The number of imidazole rings is 1. The molecular weight excluding hydrogens is 471 g/mol. The quantitative estimate of drug-likeness (QED) is 0.398. The van der Waals surface area contributed by atoms with E-state index in [1.54, 1.807) is 12.3 Å². The number of likely N-dealkylation sites (tertiary alicyclic amines) is 1. The first-order valence-electron chi connectivity index (χ1n) is 12.7. The van der Waals surface area contributed by atoms with Gasteiger partial charge in [0.25, 0.3) is 0 Å². The van der Waals surface area contributed by atoms with Gasteiger partial charge in [-0.15, -0.1) is 0 Å². The Bertz CT molecular complexity index is 1430. The Morgan fingerprint density at radius 3 is 2.70 bits per heavy atom. The zero-order valence-electron chi connectivity index (χ0n) is 20.6. The lowest BCUT2D eigenvalue weighted by Gasteiger charge is -2.32. The van der Waals surface area contributed by atoms with E-state index in [1.807, 2.05) is 30.6 Å². The molecule has 9 heteroatoms. The van der Waals surface area contributed by atoms with Gasteiger partial charge in [0, 0.05) is 37.4 Å². The number of piperidine rings is 1. The van der Waals surface area contributed by atoms with Crippen molar-refractivity contribution in [1.82, 2.24) is 29.4 Å². The Kier molecular flexibility index (Phi) is 6.73. The van der Waals surface area contributed by atoms with Gasteiger partial charge in [-0.1, -0.05) is 30.3 Å². The first-order chi connectivity index (χ1) is 18.2. The number of ether oxygens (including phenoxy) is 1. The van der Waals surface area contributed by atoms with Crippen molar-refractivity contribution < 1.29 is 14.2 Å². The van der Waals surface area contributed by atoms with E-state index in [4.69, 9.17) is 19.7 Å². The largest absolute Gasteiger partial charge is 0.392 e. The summed E-state index contributed by atoms with van der Waals surface area (Å²) in [6.45, 7) is 3.81. The number of rotatable bonds is 6. The number of aromatic nitrogens is 5. The molecule has 2 aliphatic heterocycles. The molecule has 8 nitrogen and oxygen atoms in total. The predicted octanol–water partition coefficient (Wildman–Crippen LogP) is 4.16. The van der Waals surface area contributed by atoms with Crippen molar-refractivity contribution in [1.29, 1.82) is 0 Å². The van der Waals surface area contributed by atoms with Crippen LogP contribution < -0.4 is 0 Å². The molecule has 4 aromatic rings. The summed E-state index contributed by atoms with van der Waals surface area (Å²) >= 11 is 0. The van der Waals surface area contributed by atoms with Crippen LogP contribution in [0.3, 0.4) is 0 Å². The summed E-state index contributed by atoms with van der Waals surface area (Å²) in [5.41, 5.74) is 6.36. The number of hydrogen-bond acceptors (Lipinski definition) is 7. The topological polar surface area (TPSA) is 89.2 Å². The van der Waals surface area contributed by atoms with Crippen LogP contribution in [-0.2, 0) is 17.9 Å². The molecule has 0 atom stereocenters. The highest BCUT2D eigenvalue weighted by molar-refractivity contribution is 5.87. The normalized spacial score (nSPS) is 17.3. The second-order valence-corrected chi connectivity index (χ2v) is 9.63. The molecule has 0 unspecified atom stereocenters. The van der Waals surface area contributed by atoms with Gasteiger partial charge in [-0.05, 0) is 48.1 Å². The fourth-order valence-electron chi connectivity index (χ4n) is 5.20. The van der Waals surface area contributed by atoms with Crippen LogP contribution >= 0.6 is 0 Å². The zero-order chi connectivity index (χ0) is 25.2. The Morgan fingerprint density at radius 1 is 1.05 bits per heavy atom. The average Bonchev–Trinajstić information content (AvgIpc) is 3.39. The van der Waals surface area contributed by atoms with Crippen molar-refractivity contribution in [3.63, 3.8) is 0 Å². The maximum Gasteiger partial charge on any atom is 0.212 e. The Labute approximate surface area is 214 Å². The first-order valence-corrected chi connectivity index (χ1v) is 12.7. The molecule has 0 radical (unpaired) electrons. The summed E-state index contributed by atoms with van der Waals surface area (Å²) in [6, 6.07) is 11.2. The fraction of sp³-hybridized carbons (Fsp3) is 0.357. The van der Waals surface area contributed by atoms with E-state index >= 15 is 0 Å². The summed E-state index contributed by atoms with van der Waals surface area (Å²) in [5.74, 6) is 0.183. The number of nitrogens with zero attached hydrogens (tertiary/aromatic N) is 6. The van der Waals surface area contributed by atoms with Crippen LogP contribution in [0.15, 0.2) is 55.0 Å². The molecule has 1 saturated heterocycles. The molecule has 1 aromatic carbocycles. The van der Waals surface area contributed by atoms with Gasteiger partial charge in [-0.3, -0.25) is 4.90 Å². The number of pyridine rings is 1. The van der Waals surface area contributed by atoms with Crippen molar-refractivity contribution in [2.75, 3.05) is 26.3 Å². The molecule has 0 amide bonds. The van der Waals surface area contributed by atoms with Gasteiger partial charge in [-0.2, -0.15) is 4.39 Å². The van der Waals surface area contributed by atoms with Crippen LogP contribution in [0.5, 0.6) is 0 Å². The second kappa shape index (κ2) is 10.5. The minimum absolute atomic E-state index is 0.0318. The lowest BCUT2D eigenvalue weighted by atomic mass is 10.0. The first kappa shape index (κ1) is 23.8. The lowest BCUT2D eigenvalue weighted by Crippen LogP contribution is -2.34. The highest BCUT2D eigenvalue weighted by atomic mass is 19.1. The molecule has 37 heavy (non-hydrogen) atoms. The molecule has 0 saturated carbocycles. The average molecular weight is 501 g/mol. The van der Waals surface area contributed by atoms with E-state index in [9.17, 15) is 9.50 Å². The van der Waals surface area contributed by atoms with Crippen molar-refractivity contribution in [3.8, 4) is 11.4 Å². The third kappa shape index (κ3) is 5.02. The molecule has 1 fully saturated rings. The Hall–Kier alpha value is -3.53. The van der Waals surface area contributed by atoms with Crippen molar-refractivity contribution >= 4 is 16.7 Å². The highest BCUT2D eigenvalue weighted by Crippen LogP contribution is 2.32. The van der Waals surface area contributed by atoms with Crippen molar-refractivity contribution in [2.45, 2.75) is 38.5 Å². The molecule has 3 aromatic heterocycles. The fourth-order valence-corrected chi connectivity index (χ4v) is 5.20. The van der Waals surface area contributed by atoms with Gasteiger partial charge in [0.05, 0.1) is 31.8 Å². The lowest BCUT2D eigenvalue weighted by molar-refractivity contribution is 0.161. The number of benzene rings is 1. The molecule has 0 bridgehead atoms. The van der Waals surface area contributed by atoms with E-state index < -0.39 is 5.95 Å². The van der Waals surface area contributed by atoms with Crippen molar-refractivity contribution in [3.05, 3.63) is 77.8 Å². The summed E-state index contributed by atoms with van der Waals surface area (Å²) in [4.78, 5) is 20.9. The summed E-state index contributed by atoms with van der Waals surface area (Å²) < 4.78 is 20.9. The minimum atomic E-state index is -0.449. The van der Waals surface area contributed by atoms with Gasteiger partial charge >= 0.3 is 0 Å². The highest BCUT2D eigenvalue weighted by Gasteiger charge is 2.25. The number of aliphatic hydroxyl groups excluding tert-OH is 1. The SMILES string of the molecule is OCc1cccc(-c2nc(C3=CCOCC3)c3ncn(C4CCN(Cc5ccc(F)nc5)CC4)c3n2)c1. The van der Waals surface area contributed by atoms with Crippen molar-refractivity contribution in [2.24, 2.45) is 0 Å². The summed E-state index contributed by atoms with van der Waals surface area (Å²) in [5, 5.41) is 9.65. The van der Waals surface area contributed by atoms with E-state index in [0.717, 1.165) is 78.0 Å². The van der Waals surface area contributed by atoms with Gasteiger partial charge < -0.3 is 14.4 Å². The standard InChI is InChI=1S/C28H29FN6O2/c29-24-5-4-20(15-30-24)16-34-10-6-23(7-11-34)35-18-31-26-25(21-8-12-37-13-9-21)32-27(33-28(26)35)22-3-1-2-19(14-22)17-36/h1-5,8,14-15,18,23,36H,6-7,9-13,16-17H2. The molecule has 0 spiro atoms. The maximum absolute atomic E-state index is 13.2. The predicted molar refractivity (Wildman–Crippen MR) is 138 cm³/mol. The van der Waals surface area contributed by atoms with E-state index in [0.29, 0.717) is 19.0 Å². The molecule has 190 valence electrons. The number of fused-ring (bicyclic) bond motifs is 1. The molecule has 0 aliphatic carbocycles.